The van der Waals surface area contributed by atoms with Crippen molar-refractivity contribution in [2.24, 2.45) is 0 Å². The zero-order valence-electron chi connectivity index (χ0n) is 53.0. The molecule has 15 aromatic rings. The zero-order valence-corrected chi connectivity index (χ0v) is 53.0. The van der Waals surface area contributed by atoms with Crippen LogP contribution in [0.5, 0.6) is 0 Å². The number of nitrogens with zero attached hydrogens (tertiary/aromatic N) is 4. The average molecular weight is 1170 g/mol. The molecule has 4 heteroatoms. The fourth-order valence-corrected chi connectivity index (χ4v) is 16.5. The fraction of sp³-hybridized carbons (Fsp3) is 0.233. The number of aromatic nitrogens is 2. The molecule has 0 radical (unpaired) electrons. The van der Waals surface area contributed by atoms with E-state index in [1.54, 1.807) is 0 Å². The maximum Gasteiger partial charge on any atom is 0.0641 e. The van der Waals surface area contributed by atoms with Crippen molar-refractivity contribution in [1.29, 1.82) is 0 Å². The molecule has 90 heavy (non-hydrogen) atoms. The van der Waals surface area contributed by atoms with Crippen LogP contribution in [0.25, 0.3) is 98.4 Å². The van der Waals surface area contributed by atoms with E-state index in [1.807, 2.05) is 0 Å². The van der Waals surface area contributed by atoms with Crippen molar-refractivity contribution in [3.63, 3.8) is 0 Å². The third-order valence-electron chi connectivity index (χ3n) is 21.1. The quantitative estimate of drug-likeness (QED) is 0.136. The molecule has 0 unspecified atom stereocenters. The second-order valence-corrected chi connectivity index (χ2v) is 28.5. The van der Waals surface area contributed by atoms with E-state index >= 15 is 0 Å². The van der Waals surface area contributed by atoms with Gasteiger partial charge in [-0.25, -0.2) is 0 Å². The van der Waals surface area contributed by atoms with Crippen molar-refractivity contribution in [1.82, 2.24) is 8.80 Å². The smallest absolute Gasteiger partial charge is 0.0641 e. The van der Waals surface area contributed by atoms with E-state index in [2.05, 4.69) is 291 Å². The lowest BCUT2D eigenvalue weighted by molar-refractivity contribution is 0.444. The van der Waals surface area contributed by atoms with E-state index in [0.29, 0.717) is 11.8 Å². The summed E-state index contributed by atoms with van der Waals surface area (Å²) in [6.45, 7) is 13.9. The van der Waals surface area contributed by atoms with E-state index in [0.717, 1.165) is 11.4 Å². The molecule has 2 fully saturated rings. The lowest BCUT2D eigenvalue weighted by Crippen LogP contribution is -2.14. The zero-order chi connectivity index (χ0) is 60.6. The first-order valence-electron chi connectivity index (χ1n) is 33.5. The molecule has 4 heterocycles. The standard InChI is InChI=1S/C86H78N4/c1-85(2,3)61-37-41-63(42-38-61)87(75-47-35-59(55-23-11-7-12-24-55)51-69(75)57-27-15-9-16-28-57)77-49-45-65-71-53-80-72(54-79(71)89-73-33-21-19-31-67(73)81(77)83(65)89)66-46-50-78(82-68-32-20-22-34-74(68)90(80)84(66)82)88(64-43-39-62(40-44-64)86(4,5)6)76-48-36-60(56-25-13-8-14-26-56)52-70(76)58-29-17-10-18-30-58/h9-10,15-22,27-56H,7-8,11-14,23-26H2,1-6H3. The van der Waals surface area contributed by atoms with Gasteiger partial charge >= 0.3 is 0 Å². The van der Waals surface area contributed by atoms with Crippen molar-refractivity contribution in [2.45, 2.75) is 128 Å². The Labute approximate surface area is 529 Å². The van der Waals surface area contributed by atoms with Crippen LogP contribution < -0.4 is 9.80 Å². The molecule has 0 aliphatic heterocycles. The predicted octanol–water partition coefficient (Wildman–Crippen LogP) is 25.0. The molecule has 0 bridgehead atoms. The first-order chi connectivity index (χ1) is 43.9. The van der Waals surface area contributed by atoms with Gasteiger partial charge in [0.25, 0.3) is 0 Å². The Morgan fingerprint density at radius 2 is 0.678 bits per heavy atom. The number of rotatable bonds is 10. The van der Waals surface area contributed by atoms with Gasteiger partial charge in [0.2, 0.25) is 0 Å². The summed E-state index contributed by atoms with van der Waals surface area (Å²) in [5.74, 6) is 1.16. The van der Waals surface area contributed by atoms with Crippen LogP contribution in [0.15, 0.2) is 231 Å². The number of benzene rings is 11. The van der Waals surface area contributed by atoms with Crippen molar-refractivity contribution in [2.75, 3.05) is 9.80 Å². The van der Waals surface area contributed by atoms with E-state index in [4.69, 9.17) is 0 Å². The molecule has 4 aromatic heterocycles. The second kappa shape index (κ2) is 21.1. The summed E-state index contributed by atoms with van der Waals surface area (Å²) >= 11 is 0. The predicted molar refractivity (Wildman–Crippen MR) is 385 cm³/mol. The Kier molecular flexibility index (Phi) is 12.9. The van der Waals surface area contributed by atoms with Gasteiger partial charge in [0.15, 0.2) is 0 Å². The Morgan fingerprint density at radius 1 is 0.311 bits per heavy atom. The van der Waals surface area contributed by atoms with Crippen molar-refractivity contribution < 1.29 is 0 Å². The highest BCUT2D eigenvalue weighted by Gasteiger charge is 2.31. The molecule has 11 aromatic carbocycles. The van der Waals surface area contributed by atoms with Gasteiger partial charge in [0.05, 0.1) is 55.8 Å². The molecule has 0 amide bonds. The van der Waals surface area contributed by atoms with Crippen LogP contribution in [-0.2, 0) is 10.8 Å². The molecule has 0 atom stereocenters. The molecule has 17 rings (SSSR count). The van der Waals surface area contributed by atoms with Gasteiger partial charge in [-0.05, 0) is 167 Å². The van der Waals surface area contributed by atoms with Crippen LogP contribution in [-0.4, -0.2) is 8.80 Å². The third kappa shape index (κ3) is 8.75. The maximum atomic E-state index is 2.60. The lowest BCUT2D eigenvalue weighted by atomic mass is 9.83. The van der Waals surface area contributed by atoms with Gasteiger partial charge in [0.1, 0.15) is 0 Å². The molecule has 2 aliphatic rings. The molecule has 2 saturated carbocycles. The molecule has 0 spiro atoms. The summed E-state index contributed by atoms with van der Waals surface area (Å²) < 4.78 is 5.21. The van der Waals surface area contributed by atoms with Gasteiger partial charge in [-0.1, -0.05) is 226 Å². The van der Waals surface area contributed by atoms with E-state index in [9.17, 15) is 0 Å². The van der Waals surface area contributed by atoms with Crippen LogP contribution in [0, 0.1) is 0 Å². The second-order valence-electron chi connectivity index (χ2n) is 28.5. The molecule has 442 valence electrons. The van der Waals surface area contributed by atoms with Crippen molar-refractivity contribution in [3.8, 4) is 22.3 Å². The maximum absolute atomic E-state index is 2.60. The summed E-state index contributed by atoms with van der Waals surface area (Å²) in [5, 5.41) is 10.1. The van der Waals surface area contributed by atoms with Gasteiger partial charge < -0.3 is 18.6 Å². The number of anilines is 6. The van der Waals surface area contributed by atoms with Gasteiger partial charge in [-0.2, -0.15) is 0 Å². The fourth-order valence-electron chi connectivity index (χ4n) is 16.5. The first kappa shape index (κ1) is 54.7. The molecule has 4 nitrogen and oxygen atoms in total. The van der Waals surface area contributed by atoms with Crippen LogP contribution in [0.4, 0.5) is 34.1 Å². The normalized spacial score (nSPS) is 14.9. The number of para-hydroxylation sites is 2. The highest BCUT2D eigenvalue weighted by atomic mass is 15.2. The highest BCUT2D eigenvalue weighted by molar-refractivity contribution is 6.32. The number of fused-ring (bicyclic) bond motifs is 12. The Hall–Kier alpha value is -9.38. The Balaban J connectivity index is 0.906. The van der Waals surface area contributed by atoms with Crippen LogP contribution in [0.3, 0.4) is 0 Å². The van der Waals surface area contributed by atoms with Gasteiger partial charge in [-0.3, -0.25) is 0 Å². The van der Waals surface area contributed by atoms with Crippen molar-refractivity contribution >= 4 is 110 Å². The third-order valence-corrected chi connectivity index (χ3v) is 21.1. The highest BCUT2D eigenvalue weighted by Crippen LogP contribution is 2.54. The topological polar surface area (TPSA) is 15.3 Å². The summed E-state index contributed by atoms with van der Waals surface area (Å²) in [5.41, 5.74) is 25.1. The van der Waals surface area contributed by atoms with Crippen molar-refractivity contribution in [3.05, 3.63) is 253 Å². The summed E-state index contributed by atoms with van der Waals surface area (Å²) in [6.07, 6.45) is 12.9. The van der Waals surface area contributed by atoms with E-state index in [-0.39, 0.29) is 10.8 Å². The number of hydrogen-bond donors (Lipinski definition) is 0. The van der Waals surface area contributed by atoms with Gasteiger partial charge in [0, 0.05) is 65.6 Å². The minimum Gasteiger partial charge on any atom is -0.309 e. The van der Waals surface area contributed by atoms with Gasteiger partial charge in [-0.15, -0.1) is 0 Å². The molecule has 0 N–H and O–H groups in total. The van der Waals surface area contributed by atoms with Crippen LogP contribution in [0.1, 0.15) is 140 Å². The van der Waals surface area contributed by atoms with Crippen LogP contribution in [0.2, 0.25) is 0 Å². The summed E-state index contributed by atoms with van der Waals surface area (Å²) in [6, 6.07) is 89.3. The van der Waals surface area contributed by atoms with E-state index in [1.165, 1.54) is 208 Å². The number of hydrogen-bond acceptors (Lipinski definition) is 2. The lowest BCUT2D eigenvalue weighted by Gasteiger charge is -2.31. The Bertz CT molecular complexity index is 4860. The molecule has 0 saturated heterocycles. The minimum atomic E-state index is 0.0153. The summed E-state index contributed by atoms with van der Waals surface area (Å²) in [7, 11) is 0. The molecule has 2 aliphatic carbocycles. The largest absolute Gasteiger partial charge is 0.309 e. The van der Waals surface area contributed by atoms with Crippen LogP contribution >= 0.6 is 0 Å². The SMILES string of the molecule is CC(C)(C)c1ccc(N(c2ccc(C3CCCCC3)cc2-c2ccccc2)c2ccc3c4cc5c(cc4n4c6ccccc6c2c34)c2ccc(N(c3ccc(C(C)(C)C)cc3)c3ccc(C4CCCCC4)cc3-c3ccccc3)c3c4ccccc4n5c23)cc1. The monoisotopic (exact) mass is 1170 g/mol. The molecular formula is C86H78N4. The Morgan fingerprint density at radius 3 is 1.07 bits per heavy atom. The molecular weight excluding hydrogens is 1090 g/mol. The average Bonchev–Trinajstić information content (AvgIpc) is 1.52. The minimum absolute atomic E-state index is 0.0153. The van der Waals surface area contributed by atoms with E-state index < -0.39 is 0 Å². The summed E-state index contributed by atoms with van der Waals surface area (Å²) in [4.78, 5) is 5.18. The first-order valence-corrected chi connectivity index (χ1v) is 33.5.